The van der Waals surface area contributed by atoms with Crippen molar-refractivity contribution in [2.45, 2.75) is 39.0 Å². The molecule has 0 radical (unpaired) electrons. The molecule has 1 aromatic heterocycles. The number of nitro benzene ring substituents is 1. The molecule has 12 heteroatoms. The van der Waals surface area contributed by atoms with E-state index in [1.807, 2.05) is 0 Å². The summed E-state index contributed by atoms with van der Waals surface area (Å²) in [4.78, 5) is 43.9. The van der Waals surface area contributed by atoms with Gasteiger partial charge in [-0.1, -0.05) is 12.1 Å². The SMILES string of the molecule is CC(C)N(Cc1nc2ccccc2c(=O)[nH]1)C(=O)CCNc1ccc(C(F)(F)F)cc1[N+](=O)[O-]. The Kier molecular flexibility index (Phi) is 7.18. The molecule has 0 atom stereocenters. The molecule has 3 aromatic rings. The third-order valence-electron chi connectivity index (χ3n) is 5.10. The summed E-state index contributed by atoms with van der Waals surface area (Å²) < 4.78 is 38.6. The zero-order valence-electron chi connectivity index (χ0n) is 18.3. The molecule has 0 saturated carbocycles. The van der Waals surface area contributed by atoms with Gasteiger partial charge in [0.1, 0.15) is 11.5 Å². The minimum absolute atomic E-state index is 0.0387. The van der Waals surface area contributed by atoms with Crippen LogP contribution in [-0.2, 0) is 17.5 Å². The second-order valence-electron chi connectivity index (χ2n) is 7.81. The summed E-state index contributed by atoms with van der Waals surface area (Å²) in [6, 6.07) is 8.71. The van der Waals surface area contributed by atoms with Gasteiger partial charge in [0.2, 0.25) is 5.91 Å². The molecule has 0 bridgehead atoms. The summed E-state index contributed by atoms with van der Waals surface area (Å²) in [6.45, 7) is 3.56. The Hall–Kier alpha value is -3.96. The molecule has 1 amide bonds. The van der Waals surface area contributed by atoms with Crippen molar-refractivity contribution in [3.8, 4) is 0 Å². The Balaban J connectivity index is 1.70. The average molecular weight is 477 g/mol. The third-order valence-corrected chi connectivity index (χ3v) is 5.10. The number of hydrogen-bond acceptors (Lipinski definition) is 6. The number of nitro groups is 1. The van der Waals surface area contributed by atoms with E-state index >= 15 is 0 Å². The molecule has 0 saturated heterocycles. The topological polar surface area (TPSA) is 121 Å². The molecular formula is C22H22F3N5O4. The molecule has 0 aliphatic carbocycles. The number of nitrogens with zero attached hydrogens (tertiary/aromatic N) is 3. The zero-order chi connectivity index (χ0) is 25.0. The molecule has 0 aliphatic rings. The zero-order valence-corrected chi connectivity index (χ0v) is 18.3. The summed E-state index contributed by atoms with van der Waals surface area (Å²) in [5.74, 6) is -0.0232. The van der Waals surface area contributed by atoms with Crippen molar-refractivity contribution in [3.63, 3.8) is 0 Å². The first kappa shape index (κ1) is 24.7. The smallest absolute Gasteiger partial charge is 0.379 e. The van der Waals surface area contributed by atoms with Gasteiger partial charge in [0.25, 0.3) is 11.2 Å². The van der Waals surface area contributed by atoms with Crippen LogP contribution in [0.25, 0.3) is 10.9 Å². The Morgan fingerprint density at radius 1 is 1.24 bits per heavy atom. The number of alkyl halides is 3. The number of aromatic amines is 1. The minimum Gasteiger partial charge on any atom is -0.379 e. The molecule has 2 aromatic carbocycles. The standard InChI is InChI=1S/C22H22F3N5O4/c1-13(2)29(12-19-27-16-6-4-3-5-15(16)21(32)28-19)20(31)9-10-26-17-8-7-14(22(23,24)25)11-18(17)30(33)34/h3-8,11,13,26H,9-10,12H2,1-2H3,(H,27,28,32). The van der Waals surface area contributed by atoms with Gasteiger partial charge in [0.15, 0.2) is 0 Å². The lowest BCUT2D eigenvalue weighted by molar-refractivity contribution is -0.384. The number of H-pyrrole nitrogens is 1. The predicted molar refractivity (Wildman–Crippen MR) is 119 cm³/mol. The van der Waals surface area contributed by atoms with E-state index in [2.05, 4.69) is 15.3 Å². The lowest BCUT2D eigenvalue weighted by Gasteiger charge is -2.26. The average Bonchev–Trinajstić information content (AvgIpc) is 2.76. The fourth-order valence-electron chi connectivity index (χ4n) is 3.39. The number of anilines is 1. The highest BCUT2D eigenvalue weighted by Crippen LogP contribution is 2.34. The summed E-state index contributed by atoms with van der Waals surface area (Å²) in [7, 11) is 0. The van der Waals surface area contributed by atoms with Crippen LogP contribution in [-0.4, -0.2) is 38.3 Å². The van der Waals surface area contributed by atoms with Gasteiger partial charge >= 0.3 is 6.18 Å². The second-order valence-corrected chi connectivity index (χ2v) is 7.81. The molecule has 2 N–H and O–H groups in total. The number of halogens is 3. The Morgan fingerprint density at radius 3 is 2.59 bits per heavy atom. The summed E-state index contributed by atoms with van der Waals surface area (Å²) in [5.41, 5.74) is -1.83. The Bertz CT molecular complexity index is 1270. The fourth-order valence-corrected chi connectivity index (χ4v) is 3.39. The minimum atomic E-state index is -4.71. The fraction of sp³-hybridized carbons (Fsp3) is 0.318. The maximum absolute atomic E-state index is 12.9. The molecule has 180 valence electrons. The first-order valence-electron chi connectivity index (χ1n) is 10.3. The van der Waals surface area contributed by atoms with E-state index in [1.165, 1.54) is 4.90 Å². The first-order valence-corrected chi connectivity index (χ1v) is 10.3. The van der Waals surface area contributed by atoms with Crippen molar-refractivity contribution in [3.05, 3.63) is 74.3 Å². The van der Waals surface area contributed by atoms with E-state index in [0.29, 0.717) is 22.8 Å². The Morgan fingerprint density at radius 2 is 1.94 bits per heavy atom. The molecule has 3 rings (SSSR count). The number of carbonyl (C=O) groups excluding carboxylic acids is 1. The second kappa shape index (κ2) is 9.89. The molecule has 0 unspecified atom stereocenters. The predicted octanol–water partition coefficient (Wildman–Crippen LogP) is 4.09. The van der Waals surface area contributed by atoms with Crippen molar-refractivity contribution in [2.24, 2.45) is 0 Å². The van der Waals surface area contributed by atoms with Crippen LogP contribution >= 0.6 is 0 Å². The van der Waals surface area contributed by atoms with Crippen molar-refractivity contribution < 1.29 is 22.9 Å². The maximum Gasteiger partial charge on any atom is 0.416 e. The quantitative estimate of drug-likeness (QED) is 0.372. The summed E-state index contributed by atoms with van der Waals surface area (Å²) in [5, 5.41) is 14.3. The number of aromatic nitrogens is 2. The number of rotatable bonds is 8. The molecule has 1 heterocycles. The summed E-state index contributed by atoms with van der Waals surface area (Å²) >= 11 is 0. The van der Waals surface area contributed by atoms with Gasteiger partial charge in [-0.25, -0.2) is 4.98 Å². The van der Waals surface area contributed by atoms with Gasteiger partial charge in [-0.15, -0.1) is 0 Å². The number of benzene rings is 2. The van der Waals surface area contributed by atoms with E-state index in [1.54, 1.807) is 38.1 Å². The van der Waals surface area contributed by atoms with Gasteiger partial charge in [-0.05, 0) is 38.1 Å². The number of para-hydroxylation sites is 1. The van der Waals surface area contributed by atoms with Crippen LogP contribution in [0.4, 0.5) is 24.5 Å². The van der Waals surface area contributed by atoms with Gasteiger partial charge < -0.3 is 15.2 Å². The van der Waals surface area contributed by atoms with E-state index < -0.39 is 22.4 Å². The van der Waals surface area contributed by atoms with Crippen molar-refractivity contribution in [1.82, 2.24) is 14.9 Å². The molecule has 0 fully saturated rings. The van der Waals surface area contributed by atoms with Crippen LogP contribution in [0.3, 0.4) is 0 Å². The number of nitrogens with one attached hydrogen (secondary N) is 2. The van der Waals surface area contributed by atoms with Crippen molar-refractivity contribution >= 4 is 28.2 Å². The number of carbonyl (C=O) groups is 1. The molecule has 9 nitrogen and oxygen atoms in total. The van der Waals surface area contributed by atoms with Gasteiger partial charge in [0, 0.05) is 25.1 Å². The number of fused-ring (bicyclic) bond motifs is 1. The molecular weight excluding hydrogens is 455 g/mol. The van der Waals surface area contributed by atoms with Crippen LogP contribution in [0.2, 0.25) is 0 Å². The highest BCUT2D eigenvalue weighted by molar-refractivity contribution is 5.78. The molecule has 0 aliphatic heterocycles. The van der Waals surface area contributed by atoms with E-state index in [-0.39, 0.29) is 42.7 Å². The normalized spacial score (nSPS) is 11.6. The van der Waals surface area contributed by atoms with E-state index in [9.17, 15) is 32.9 Å². The van der Waals surface area contributed by atoms with Crippen LogP contribution in [0.1, 0.15) is 31.7 Å². The number of amides is 1. The molecule has 0 spiro atoms. The lowest BCUT2D eigenvalue weighted by atomic mass is 10.1. The molecule has 34 heavy (non-hydrogen) atoms. The first-order chi connectivity index (χ1) is 16.0. The van der Waals surface area contributed by atoms with Crippen LogP contribution < -0.4 is 10.9 Å². The van der Waals surface area contributed by atoms with Gasteiger partial charge in [-0.3, -0.25) is 19.7 Å². The van der Waals surface area contributed by atoms with Crippen molar-refractivity contribution in [1.29, 1.82) is 0 Å². The van der Waals surface area contributed by atoms with Gasteiger partial charge in [0.05, 0.1) is 27.9 Å². The third kappa shape index (κ3) is 5.69. The maximum atomic E-state index is 12.9. The highest BCUT2D eigenvalue weighted by atomic mass is 19.4. The lowest BCUT2D eigenvalue weighted by Crippen LogP contribution is -2.38. The van der Waals surface area contributed by atoms with Gasteiger partial charge in [-0.2, -0.15) is 13.2 Å². The van der Waals surface area contributed by atoms with Crippen LogP contribution in [0.5, 0.6) is 0 Å². The monoisotopic (exact) mass is 477 g/mol. The number of hydrogen-bond donors (Lipinski definition) is 2. The van der Waals surface area contributed by atoms with Crippen LogP contribution in [0.15, 0.2) is 47.3 Å². The van der Waals surface area contributed by atoms with E-state index in [0.717, 1.165) is 12.1 Å². The highest BCUT2D eigenvalue weighted by Gasteiger charge is 2.33. The largest absolute Gasteiger partial charge is 0.416 e. The summed E-state index contributed by atoms with van der Waals surface area (Å²) in [6.07, 6.45) is -4.80. The van der Waals surface area contributed by atoms with Crippen molar-refractivity contribution in [2.75, 3.05) is 11.9 Å². The Labute approximate surface area is 191 Å². The van der Waals surface area contributed by atoms with E-state index in [4.69, 9.17) is 0 Å². The van der Waals surface area contributed by atoms with Crippen LogP contribution in [0, 0.1) is 10.1 Å².